The fourth-order valence-corrected chi connectivity index (χ4v) is 3.58. The van der Waals surface area contributed by atoms with E-state index in [1.807, 2.05) is 0 Å². The fraction of sp³-hybridized carbons (Fsp3) is 0.650. The molecule has 2 aliphatic rings. The first kappa shape index (κ1) is 18.2. The molecule has 138 valence electrons. The van der Waals surface area contributed by atoms with Gasteiger partial charge in [-0.05, 0) is 43.7 Å². The van der Waals surface area contributed by atoms with Crippen LogP contribution < -0.4 is 10.6 Å². The van der Waals surface area contributed by atoms with E-state index < -0.39 is 0 Å². The molecule has 1 saturated heterocycles. The predicted octanol–water partition coefficient (Wildman–Crippen LogP) is 2.17. The molecular formula is C20H32N4O. The van der Waals surface area contributed by atoms with Crippen molar-refractivity contribution in [1.82, 2.24) is 15.5 Å². The Morgan fingerprint density at radius 1 is 1.28 bits per heavy atom. The van der Waals surface area contributed by atoms with E-state index >= 15 is 0 Å². The third-order valence-electron chi connectivity index (χ3n) is 4.97. The average molecular weight is 345 g/mol. The molecule has 25 heavy (non-hydrogen) atoms. The average Bonchev–Trinajstić information content (AvgIpc) is 3.16. The molecule has 1 unspecified atom stereocenters. The maximum absolute atomic E-state index is 5.65. The van der Waals surface area contributed by atoms with Gasteiger partial charge in [0, 0.05) is 39.3 Å². The van der Waals surface area contributed by atoms with Crippen molar-refractivity contribution in [3.63, 3.8) is 0 Å². The van der Waals surface area contributed by atoms with Crippen LogP contribution in [0.4, 0.5) is 0 Å². The van der Waals surface area contributed by atoms with Crippen molar-refractivity contribution in [2.24, 2.45) is 4.99 Å². The molecule has 1 atom stereocenters. The summed E-state index contributed by atoms with van der Waals surface area (Å²) in [5, 5.41) is 6.79. The third-order valence-corrected chi connectivity index (χ3v) is 4.97. The van der Waals surface area contributed by atoms with Gasteiger partial charge in [0.15, 0.2) is 5.96 Å². The van der Waals surface area contributed by atoms with Gasteiger partial charge in [-0.2, -0.15) is 0 Å². The number of aliphatic imine (C=N–C) groups is 1. The fourth-order valence-electron chi connectivity index (χ4n) is 3.58. The van der Waals surface area contributed by atoms with Gasteiger partial charge in [-0.15, -0.1) is 0 Å². The Bertz CT molecular complexity index is 554. The quantitative estimate of drug-likeness (QED) is 0.452. The summed E-state index contributed by atoms with van der Waals surface area (Å²) in [5.74, 6) is 0.919. The van der Waals surface area contributed by atoms with Crippen LogP contribution in [0.15, 0.2) is 29.3 Å². The normalized spacial score (nSPS) is 21.2. The van der Waals surface area contributed by atoms with Crippen LogP contribution in [0.1, 0.15) is 37.3 Å². The van der Waals surface area contributed by atoms with Gasteiger partial charge >= 0.3 is 0 Å². The minimum Gasteiger partial charge on any atom is -0.376 e. The van der Waals surface area contributed by atoms with Gasteiger partial charge < -0.3 is 15.4 Å². The van der Waals surface area contributed by atoms with Crippen molar-refractivity contribution in [2.75, 3.05) is 39.3 Å². The summed E-state index contributed by atoms with van der Waals surface area (Å²) in [6.45, 7) is 8.99. The lowest BCUT2D eigenvalue weighted by molar-refractivity contribution is 0.117. The van der Waals surface area contributed by atoms with E-state index in [-0.39, 0.29) is 0 Å². The van der Waals surface area contributed by atoms with Crippen molar-refractivity contribution >= 4 is 5.96 Å². The Hall–Kier alpha value is -1.59. The topological polar surface area (TPSA) is 48.9 Å². The van der Waals surface area contributed by atoms with E-state index in [4.69, 9.17) is 4.74 Å². The molecule has 0 radical (unpaired) electrons. The number of guanidine groups is 1. The van der Waals surface area contributed by atoms with E-state index in [2.05, 4.69) is 51.7 Å². The van der Waals surface area contributed by atoms with Gasteiger partial charge in [0.25, 0.3) is 0 Å². The number of benzene rings is 1. The second-order valence-electron chi connectivity index (χ2n) is 6.93. The van der Waals surface area contributed by atoms with Crippen LogP contribution in [0.25, 0.3) is 0 Å². The highest BCUT2D eigenvalue weighted by atomic mass is 16.5. The molecule has 0 spiro atoms. The Balaban J connectivity index is 1.37. The number of hydrogen-bond acceptors (Lipinski definition) is 3. The molecule has 0 amide bonds. The van der Waals surface area contributed by atoms with Gasteiger partial charge in [-0.3, -0.25) is 9.89 Å². The molecule has 3 rings (SSSR count). The molecule has 1 aromatic rings. The Morgan fingerprint density at radius 2 is 2.16 bits per heavy atom. The summed E-state index contributed by atoms with van der Waals surface area (Å²) in [6, 6.07) is 8.83. The summed E-state index contributed by atoms with van der Waals surface area (Å²) in [6.07, 6.45) is 4.92. The van der Waals surface area contributed by atoms with Crippen molar-refractivity contribution in [1.29, 1.82) is 0 Å². The minimum absolute atomic E-state index is 0.309. The maximum atomic E-state index is 5.65. The lowest BCUT2D eigenvalue weighted by Crippen LogP contribution is -2.39. The summed E-state index contributed by atoms with van der Waals surface area (Å²) < 4.78 is 5.65. The van der Waals surface area contributed by atoms with E-state index in [1.165, 1.54) is 30.5 Å². The van der Waals surface area contributed by atoms with Crippen LogP contribution in [0, 0.1) is 0 Å². The SMILES string of the molecule is CCNC(=NCC1CCCO1)NCCCN1CCc2ccccc2C1. The molecule has 0 saturated carbocycles. The smallest absolute Gasteiger partial charge is 0.191 e. The second kappa shape index (κ2) is 9.78. The number of fused-ring (bicyclic) bond motifs is 1. The van der Waals surface area contributed by atoms with Crippen molar-refractivity contribution in [2.45, 2.75) is 45.3 Å². The zero-order valence-corrected chi connectivity index (χ0v) is 15.5. The van der Waals surface area contributed by atoms with E-state index in [0.29, 0.717) is 6.10 Å². The second-order valence-corrected chi connectivity index (χ2v) is 6.93. The molecule has 2 N–H and O–H groups in total. The highest BCUT2D eigenvalue weighted by molar-refractivity contribution is 5.79. The molecule has 1 fully saturated rings. The van der Waals surface area contributed by atoms with Crippen LogP contribution in [0.2, 0.25) is 0 Å². The zero-order chi connectivity index (χ0) is 17.3. The molecule has 5 heteroatoms. The number of rotatable bonds is 7. The molecule has 0 aliphatic carbocycles. The van der Waals surface area contributed by atoms with E-state index in [0.717, 1.165) is 58.1 Å². The number of ether oxygens (including phenoxy) is 1. The van der Waals surface area contributed by atoms with Crippen LogP contribution in [-0.4, -0.2) is 56.3 Å². The van der Waals surface area contributed by atoms with Crippen molar-refractivity contribution in [3.8, 4) is 0 Å². The molecule has 0 aromatic heterocycles. The number of nitrogens with one attached hydrogen (secondary N) is 2. The largest absolute Gasteiger partial charge is 0.376 e. The van der Waals surface area contributed by atoms with Crippen LogP contribution in [-0.2, 0) is 17.7 Å². The predicted molar refractivity (Wildman–Crippen MR) is 103 cm³/mol. The number of hydrogen-bond donors (Lipinski definition) is 2. The highest BCUT2D eigenvalue weighted by Crippen LogP contribution is 2.18. The van der Waals surface area contributed by atoms with Crippen LogP contribution in [0.5, 0.6) is 0 Å². The lowest BCUT2D eigenvalue weighted by Gasteiger charge is -2.28. The summed E-state index contributed by atoms with van der Waals surface area (Å²) in [4.78, 5) is 7.22. The Kier molecular flexibility index (Phi) is 7.12. The van der Waals surface area contributed by atoms with Gasteiger partial charge in [0.05, 0.1) is 12.6 Å². The van der Waals surface area contributed by atoms with Crippen LogP contribution in [0.3, 0.4) is 0 Å². The molecule has 2 aliphatic heterocycles. The Morgan fingerprint density at radius 3 is 2.96 bits per heavy atom. The molecular weight excluding hydrogens is 312 g/mol. The summed E-state index contributed by atoms with van der Waals surface area (Å²) in [5.41, 5.74) is 3.01. The zero-order valence-electron chi connectivity index (χ0n) is 15.5. The maximum Gasteiger partial charge on any atom is 0.191 e. The van der Waals surface area contributed by atoms with E-state index in [1.54, 1.807) is 0 Å². The van der Waals surface area contributed by atoms with Gasteiger partial charge in [0.2, 0.25) is 0 Å². The summed E-state index contributed by atoms with van der Waals surface area (Å²) >= 11 is 0. The molecule has 2 heterocycles. The monoisotopic (exact) mass is 344 g/mol. The first-order valence-corrected chi connectivity index (χ1v) is 9.78. The lowest BCUT2D eigenvalue weighted by atomic mass is 10.00. The molecule has 1 aromatic carbocycles. The van der Waals surface area contributed by atoms with Crippen molar-refractivity contribution < 1.29 is 4.74 Å². The van der Waals surface area contributed by atoms with Crippen LogP contribution >= 0.6 is 0 Å². The number of nitrogens with zero attached hydrogens (tertiary/aromatic N) is 2. The summed E-state index contributed by atoms with van der Waals surface area (Å²) in [7, 11) is 0. The first-order chi connectivity index (χ1) is 12.3. The van der Waals surface area contributed by atoms with Gasteiger partial charge in [-0.25, -0.2) is 0 Å². The molecule has 5 nitrogen and oxygen atoms in total. The van der Waals surface area contributed by atoms with E-state index in [9.17, 15) is 0 Å². The highest BCUT2D eigenvalue weighted by Gasteiger charge is 2.16. The van der Waals surface area contributed by atoms with Gasteiger partial charge in [0.1, 0.15) is 0 Å². The minimum atomic E-state index is 0.309. The van der Waals surface area contributed by atoms with Gasteiger partial charge in [-0.1, -0.05) is 24.3 Å². The third kappa shape index (κ3) is 5.72. The Labute approximate surface area is 151 Å². The first-order valence-electron chi connectivity index (χ1n) is 9.78. The standard InChI is InChI=1S/C20H32N4O/c1-2-21-20(23-15-19-9-5-14-25-19)22-11-6-12-24-13-10-17-7-3-4-8-18(17)16-24/h3-4,7-8,19H,2,5-6,9-16H2,1H3,(H2,21,22,23). The molecule has 0 bridgehead atoms. The van der Waals surface area contributed by atoms with Crippen molar-refractivity contribution in [3.05, 3.63) is 35.4 Å².